The first-order chi connectivity index (χ1) is 14.3. The van der Waals surface area contributed by atoms with E-state index < -0.39 is 11.7 Å². The van der Waals surface area contributed by atoms with Gasteiger partial charge in [-0.25, -0.2) is 4.98 Å². The van der Waals surface area contributed by atoms with E-state index in [1.807, 2.05) is 0 Å². The predicted octanol–water partition coefficient (Wildman–Crippen LogP) is 4.73. The predicted molar refractivity (Wildman–Crippen MR) is 127 cm³/mol. The number of nitrogen functional groups attached to an aromatic ring is 1. The van der Waals surface area contributed by atoms with Gasteiger partial charge in [0, 0.05) is 36.1 Å². The van der Waals surface area contributed by atoms with Gasteiger partial charge in [-0.2, -0.15) is 18.2 Å². The van der Waals surface area contributed by atoms with Gasteiger partial charge in [0.15, 0.2) is 0 Å². The number of hydrogen-bond donors (Lipinski definition) is 3. The summed E-state index contributed by atoms with van der Waals surface area (Å²) < 4.78 is 39.4. The molecule has 0 amide bonds. The molecule has 0 radical (unpaired) electrons. The average molecular weight is 493 g/mol. The van der Waals surface area contributed by atoms with Gasteiger partial charge >= 0.3 is 6.18 Å². The third-order valence-electron chi connectivity index (χ3n) is 5.62. The van der Waals surface area contributed by atoms with E-state index in [0.717, 1.165) is 75.4 Å². The van der Waals surface area contributed by atoms with Crippen LogP contribution in [0.15, 0.2) is 18.2 Å². The van der Waals surface area contributed by atoms with Gasteiger partial charge in [0.2, 0.25) is 5.95 Å². The number of nitrogens with two attached hydrogens (primary N) is 1. The molecule has 1 aromatic heterocycles. The zero-order valence-corrected chi connectivity index (χ0v) is 19.5. The number of aryl methyl sites for hydroxylation is 1. The van der Waals surface area contributed by atoms with Crippen molar-refractivity contribution < 1.29 is 13.2 Å². The summed E-state index contributed by atoms with van der Waals surface area (Å²) in [7, 11) is 0. The maximum absolute atomic E-state index is 13.1. The van der Waals surface area contributed by atoms with Crippen LogP contribution in [0.25, 0.3) is 0 Å². The van der Waals surface area contributed by atoms with E-state index in [0.29, 0.717) is 12.0 Å². The summed E-state index contributed by atoms with van der Waals surface area (Å²) in [5.74, 6) is 1.22. The summed E-state index contributed by atoms with van der Waals surface area (Å²) in [5, 5.41) is 6.51. The molecule has 11 heteroatoms. The number of alkyl halides is 3. The van der Waals surface area contributed by atoms with E-state index in [9.17, 15) is 13.2 Å². The Bertz CT molecular complexity index is 925. The third kappa shape index (κ3) is 5.88. The molecule has 1 aliphatic carbocycles. The molecule has 0 spiro atoms. The molecule has 0 unspecified atom stereocenters. The highest BCUT2D eigenvalue weighted by Gasteiger charge is 2.32. The summed E-state index contributed by atoms with van der Waals surface area (Å²) in [6.07, 6.45) is 0.480. The van der Waals surface area contributed by atoms with Gasteiger partial charge in [0.1, 0.15) is 5.82 Å². The van der Waals surface area contributed by atoms with Crippen LogP contribution in [0.4, 0.5) is 36.3 Å². The Hall–Kier alpha value is -1.97. The zero-order chi connectivity index (χ0) is 21.3. The van der Waals surface area contributed by atoms with Crippen LogP contribution in [-0.4, -0.2) is 35.6 Å². The van der Waals surface area contributed by atoms with E-state index in [4.69, 9.17) is 10.7 Å². The van der Waals surface area contributed by atoms with Gasteiger partial charge in [-0.05, 0) is 56.8 Å². The second-order valence-corrected chi connectivity index (χ2v) is 8.00. The highest BCUT2D eigenvalue weighted by atomic mass is 35.5. The molecule has 178 valence electrons. The molecule has 0 bridgehead atoms. The number of halogens is 5. The van der Waals surface area contributed by atoms with Crippen molar-refractivity contribution >= 4 is 48.0 Å². The topological polar surface area (TPSA) is 79.1 Å². The minimum atomic E-state index is -4.47. The third-order valence-corrected chi connectivity index (χ3v) is 5.62. The first-order valence-electron chi connectivity index (χ1n) is 10.5. The van der Waals surface area contributed by atoms with Crippen LogP contribution in [-0.2, 0) is 19.0 Å². The van der Waals surface area contributed by atoms with Crippen molar-refractivity contribution in [3.05, 3.63) is 35.0 Å². The molecule has 1 aromatic carbocycles. The van der Waals surface area contributed by atoms with E-state index >= 15 is 0 Å². The van der Waals surface area contributed by atoms with E-state index in [2.05, 4.69) is 27.4 Å². The highest BCUT2D eigenvalue weighted by Crippen LogP contribution is 2.35. The van der Waals surface area contributed by atoms with Crippen LogP contribution < -0.4 is 21.3 Å². The number of nitrogens with zero attached hydrogens (tertiary/aromatic N) is 3. The maximum Gasteiger partial charge on any atom is 0.416 e. The first kappa shape index (κ1) is 26.3. The number of anilines is 4. The highest BCUT2D eigenvalue weighted by molar-refractivity contribution is 5.85. The summed E-state index contributed by atoms with van der Waals surface area (Å²) in [4.78, 5) is 11.6. The monoisotopic (exact) mass is 492 g/mol. The van der Waals surface area contributed by atoms with Gasteiger partial charge in [0.05, 0.1) is 11.3 Å². The first-order valence-corrected chi connectivity index (χ1v) is 10.5. The van der Waals surface area contributed by atoms with Crippen molar-refractivity contribution in [3.8, 4) is 0 Å². The Morgan fingerprint density at radius 1 is 1.16 bits per heavy atom. The molecule has 32 heavy (non-hydrogen) atoms. The van der Waals surface area contributed by atoms with Crippen molar-refractivity contribution in [2.75, 3.05) is 35.6 Å². The second kappa shape index (κ2) is 10.8. The van der Waals surface area contributed by atoms with E-state index in [-0.39, 0.29) is 36.2 Å². The van der Waals surface area contributed by atoms with E-state index in [1.54, 1.807) is 0 Å². The molecule has 4 rings (SSSR count). The van der Waals surface area contributed by atoms with Crippen LogP contribution in [0.1, 0.15) is 43.0 Å². The van der Waals surface area contributed by atoms with Crippen molar-refractivity contribution in [1.29, 1.82) is 0 Å². The van der Waals surface area contributed by atoms with Crippen LogP contribution in [0.2, 0.25) is 0 Å². The minimum Gasteiger partial charge on any atom is -0.399 e. The van der Waals surface area contributed by atoms with Crippen LogP contribution >= 0.6 is 24.8 Å². The summed E-state index contributed by atoms with van der Waals surface area (Å²) >= 11 is 0. The number of aromatic nitrogens is 2. The van der Waals surface area contributed by atoms with Gasteiger partial charge in [-0.3, -0.25) is 0 Å². The SMILES string of the molecule is CCCN[C@H]1CCN(c2nc(Nc3cc(N)cc(C(F)(F)F)c3)nc3c2CCC3)C1.Cl.Cl. The Balaban J connectivity index is 0.00000181. The fourth-order valence-electron chi connectivity index (χ4n) is 4.21. The normalized spacial score (nSPS) is 17.5. The fraction of sp³-hybridized carbons (Fsp3) is 0.524. The number of fused-ring (bicyclic) bond motifs is 1. The number of nitrogens with one attached hydrogen (secondary N) is 2. The van der Waals surface area contributed by atoms with Gasteiger partial charge in [-0.15, -0.1) is 24.8 Å². The minimum absolute atomic E-state index is 0. The van der Waals surface area contributed by atoms with Crippen LogP contribution in [0, 0.1) is 0 Å². The fourth-order valence-corrected chi connectivity index (χ4v) is 4.21. The summed E-state index contributed by atoms with van der Waals surface area (Å²) in [6, 6.07) is 3.85. The van der Waals surface area contributed by atoms with Crippen molar-refractivity contribution in [3.63, 3.8) is 0 Å². The molecular formula is C21H29Cl2F3N6. The summed E-state index contributed by atoms with van der Waals surface area (Å²) in [5.41, 5.74) is 7.31. The molecule has 1 fully saturated rings. The molecule has 1 aliphatic heterocycles. The molecule has 0 saturated carbocycles. The summed E-state index contributed by atoms with van der Waals surface area (Å²) in [6.45, 7) is 4.92. The van der Waals surface area contributed by atoms with Gasteiger partial charge in [-0.1, -0.05) is 6.92 Å². The molecule has 1 atom stereocenters. The molecular weight excluding hydrogens is 464 g/mol. The molecule has 2 aromatic rings. The van der Waals surface area contributed by atoms with Crippen molar-refractivity contribution in [2.24, 2.45) is 0 Å². The van der Waals surface area contributed by atoms with Crippen molar-refractivity contribution in [2.45, 2.75) is 51.2 Å². The number of rotatable bonds is 6. The lowest BCUT2D eigenvalue weighted by Crippen LogP contribution is -2.33. The standard InChI is InChI=1S/C21H27F3N6.2ClH/c1-2-7-26-15-6-8-30(12-15)19-17-4-3-5-18(17)28-20(29-19)27-16-10-13(21(22,23)24)9-14(25)11-16;;/h9-11,15,26H,2-8,12,25H2,1H3,(H,27,28,29);2*1H/t15-;;/m0../s1. The lowest BCUT2D eigenvalue weighted by atomic mass is 10.1. The Morgan fingerprint density at radius 2 is 1.94 bits per heavy atom. The second-order valence-electron chi connectivity index (χ2n) is 8.00. The lowest BCUT2D eigenvalue weighted by Gasteiger charge is -2.22. The van der Waals surface area contributed by atoms with Crippen LogP contribution in [0.5, 0.6) is 0 Å². The van der Waals surface area contributed by atoms with E-state index in [1.165, 1.54) is 11.6 Å². The molecule has 2 heterocycles. The Morgan fingerprint density at radius 3 is 2.66 bits per heavy atom. The maximum atomic E-state index is 13.1. The number of benzene rings is 1. The Labute approximate surface area is 198 Å². The molecule has 1 saturated heterocycles. The molecule has 4 N–H and O–H groups in total. The smallest absolute Gasteiger partial charge is 0.399 e. The quantitative estimate of drug-likeness (QED) is 0.505. The largest absolute Gasteiger partial charge is 0.416 e. The van der Waals surface area contributed by atoms with Crippen molar-refractivity contribution in [1.82, 2.24) is 15.3 Å². The lowest BCUT2D eigenvalue weighted by molar-refractivity contribution is -0.137. The van der Waals surface area contributed by atoms with Gasteiger partial charge < -0.3 is 21.3 Å². The Kier molecular flexibility index (Phi) is 8.84. The average Bonchev–Trinajstić information content (AvgIpc) is 3.34. The number of hydrogen-bond acceptors (Lipinski definition) is 6. The molecule has 2 aliphatic rings. The molecule has 6 nitrogen and oxygen atoms in total. The van der Waals surface area contributed by atoms with Gasteiger partial charge in [0.25, 0.3) is 0 Å². The van der Waals surface area contributed by atoms with Crippen LogP contribution in [0.3, 0.4) is 0 Å². The zero-order valence-electron chi connectivity index (χ0n) is 17.8.